The van der Waals surface area contributed by atoms with Crippen LogP contribution in [0.2, 0.25) is 0 Å². The number of anilines is 1. The van der Waals surface area contributed by atoms with Gasteiger partial charge >= 0.3 is 0 Å². The van der Waals surface area contributed by atoms with E-state index in [9.17, 15) is 27.7 Å². The van der Waals surface area contributed by atoms with Gasteiger partial charge in [0.2, 0.25) is 15.9 Å². The minimum absolute atomic E-state index is 0.188. The largest absolute Gasteiger partial charge is 0.325 e. The molecule has 1 amide bonds. The van der Waals surface area contributed by atoms with Crippen LogP contribution in [-0.4, -0.2) is 37.1 Å². The number of nitrogens with zero attached hydrogens (tertiary/aromatic N) is 2. The summed E-state index contributed by atoms with van der Waals surface area (Å²) in [5, 5.41) is 13.4. The average molecular weight is 395 g/mol. The van der Waals surface area contributed by atoms with E-state index in [0.717, 1.165) is 16.4 Å². The van der Waals surface area contributed by atoms with Gasteiger partial charge in [0.05, 0.1) is 16.4 Å². The van der Waals surface area contributed by atoms with E-state index in [2.05, 4.69) is 5.32 Å². The molecule has 0 saturated heterocycles. The molecule has 8 nitrogen and oxygen atoms in total. The molecule has 0 fully saturated rings. The third-order valence-electron chi connectivity index (χ3n) is 3.98. The summed E-state index contributed by atoms with van der Waals surface area (Å²) in [6.07, 6.45) is 0. The lowest BCUT2D eigenvalue weighted by Crippen LogP contribution is -2.35. The Hall–Kier alpha value is -2.85. The number of non-ortho nitro benzene ring substituents is 1. The molecule has 10 heteroatoms. The zero-order valence-electron chi connectivity index (χ0n) is 14.9. The molecule has 0 bridgehead atoms. The van der Waals surface area contributed by atoms with Crippen LogP contribution in [-0.2, 0) is 14.8 Å². The molecule has 0 atom stereocenters. The summed E-state index contributed by atoms with van der Waals surface area (Å²) in [7, 11) is -2.96. The first kappa shape index (κ1) is 20.5. The van der Waals surface area contributed by atoms with Gasteiger partial charge in [-0.25, -0.2) is 12.8 Å². The van der Waals surface area contributed by atoms with Crippen molar-refractivity contribution in [3.05, 3.63) is 63.5 Å². The second-order valence-corrected chi connectivity index (χ2v) is 7.98. The first-order valence-corrected chi connectivity index (χ1v) is 9.24. The van der Waals surface area contributed by atoms with Crippen LogP contribution in [0.25, 0.3) is 0 Å². The summed E-state index contributed by atoms with van der Waals surface area (Å²) in [6, 6.07) is 7.42. The first-order chi connectivity index (χ1) is 12.5. The number of halogens is 1. The Balaban J connectivity index is 2.26. The lowest BCUT2D eigenvalue weighted by Gasteiger charge is -2.19. The molecule has 0 saturated carbocycles. The van der Waals surface area contributed by atoms with Gasteiger partial charge in [-0.15, -0.1) is 0 Å². The molecule has 2 aromatic rings. The van der Waals surface area contributed by atoms with E-state index in [0.29, 0.717) is 11.1 Å². The van der Waals surface area contributed by atoms with Crippen LogP contribution >= 0.6 is 0 Å². The van der Waals surface area contributed by atoms with E-state index in [4.69, 9.17) is 0 Å². The fourth-order valence-corrected chi connectivity index (χ4v) is 3.84. The molecule has 0 heterocycles. The SMILES string of the molecule is Cc1cc([N+](=O)[O-])cc(S(=O)(=O)N(C)CC(=O)Nc2cccc(F)c2)c1C. The average Bonchev–Trinajstić information content (AvgIpc) is 2.56. The summed E-state index contributed by atoms with van der Waals surface area (Å²) in [4.78, 5) is 22.2. The minimum Gasteiger partial charge on any atom is -0.325 e. The van der Waals surface area contributed by atoms with Crippen molar-refractivity contribution < 1.29 is 22.5 Å². The second-order valence-electron chi connectivity index (χ2n) is 5.96. The molecular formula is C17H18FN3O5S. The van der Waals surface area contributed by atoms with Crippen LogP contribution in [0.4, 0.5) is 15.8 Å². The number of carbonyl (C=O) groups excluding carboxylic acids is 1. The van der Waals surface area contributed by atoms with Gasteiger partial charge in [-0.05, 0) is 43.2 Å². The van der Waals surface area contributed by atoms with E-state index in [1.54, 1.807) is 6.92 Å². The highest BCUT2D eigenvalue weighted by atomic mass is 32.2. The van der Waals surface area contributed by atoms with Crippen LogP contribution in [0.3, 0.4) is 0 Å². The van der Waals surface area contributed by atoms with Crippen molar-refractivity contribution >= 4 is 27.3 Å². The van der Waals surface area contributed by atoms with Crippen molar-refractivity contribution in [1.82, 2.24) is 4.31 Å². The van der Waals surface area contributed by atoms with Gasteiger partial charge in [-0.2, -0.15) is 4.31 Å². The van der Waals surface area contributed by atoms with E-state index in [-0.39, 0.29) is 16.3 Å². The number of benzene rings is 2. The molecule has 2 aromatic carbocycles. The number of hydrogen-bond donors (Lipinski definition) is 1. The standard InChI is InChI=1S/C17H18FN3O5S/c1-11-7-15(21(23)24)9-16(12(11)2)27(25,26)20(3)10-17(22)19-14-6-4-5-13(18)8-14/h4-9H,10H2,1-3H3,(H,19,22). The van der Waals surface area contributed by atoms with Crippen molar-refractivity contribution in [2.24, 2.45) is 0 Å². The maximum atomic E-state index is 13.2. The number of rotatable bonds is 6. The molecule has 27 heavy (non-hydrogen) atoms. The number of amides is 1. The molecule has 0 aliphatic rings. The fraction of sp³-hybridized carbons (Fsp3) is 0.235. The molecule has 0 aromatic heterocycles. The molecule has 0 unspecified atom stereocenters. The monoisotopic (exact) mass is 395 g/mol. The summed E-state index contributed by atoms with van der Waals surface area (Å²) >= 11 is 0. The Morgan fingerprint density at radius 1 is 1.26 bits per heavy atom. The summed E-state index contributed by atoms with van der Waals surface area (Å²) in [5.41, 5.74) is 0.640. The van der Waals surface area contributed by atoms with Crippen molar-refractivity contribution in [3.63, 3.8) is 0 Å². The Morgan fingerprint density at radius 2 is 1.93 bits per heavy atom. The lowest BCUT2D eigenvalue weighted by molar-refractivity contribution is -0.385. The third-order valence-corrected chi connectivity index (χ3v) is 5.91. The normalized spacial score (nSPS) is 11.4. The van der Waals surface area contributed by atoms with Gasteiger partial charge in [-0.1, -0.05) is 6.07 Å². The van der Waals surface area contributed by atoms with Crippen molar-refractivity contribution in [3.8, 4) is 0 Å². The third kappa shape index (κ3) is 4.66. The number of sulfonamides is 1. The topological polar surface area (TPSA) is 110 Å². The molecule has 1 N–H and O–H groups in total. The quantitative estimate of drug-likeness (QED) is 0.597. The zero-order valence-corrected chi connectivity index (χ0v) is 15.7. The van der Waals surface area contributed by atoms with Gasteiger partial charge in [-0.3, -0.25) is 14.9 Å². The van der Waals surface area contributed by atoms with E-state index >= 15 is 0 Å². The van der Waals surface area contributed by atoms with E-state index in [1.165, 1.54) is 38.2 Å². The number of hydrogen-bond acceptors (Lipinski definition) is 5. The predicted molar refractivity (Wildman–Crippen MR) is 97.4 cm³/mol. The van der Waals surface area contributed by atoms with Crippen molar-refractivity contribution in [2.75, 3.05) is 18.9 Å². The molecule has 2 rings (SSSR count). The van der Waals surface area contributed by atoms with Crippen LogP contribution in [0.15, 0.2) is 41.3 Å². The Kier molecular flexibility index (Phi) is 5.91. The van der Waals surface area contributed by atoms with Gasteiger partial charge < -0.3 is 5.32 Å². The van der Waals surface area contributed by atoms with Gasteiger partial charge in [0.1, 0.15) is 5.82 Å². The van der Waals surface area contributed by atoms with Crippen LogP contribution in [0.1, 0.15) is 11.1 Å². The highest BCUT2D eigenvalue weighted by Gasteiger charge is 2.27. The van der Waals surface area contributed by atoms with Crippen molar-refractivity contribution in [2.45, 2.75) is 18.7 Å². The lowest BCUT2D eigenvalue weighted by atomic mass is 10.1. The molecule has 0 radical (unpaired) electrons. The molecule has 0 aliphatic heterocycles. The van der Waals surface area contributed by atoms with Gasteiger partial charge in [0, 0.05) is 24.9 Å². The zero-order chi connectivity index (χ0) is 20.4. The van der Waals surface area contributed by atoms with Crippen LogP contribution < -0.4 is 5.32 Å². The molecule has 144 valence electrons. The molecule has 0 aliphatic carbocycles. The van der Waals surface area contributed by atoms with E-state index in [1.807, 2.05) is 0 Å². The minimum atomic E-state index is -4.15. The number of carbonyl (C=O) groups is 1. The maximum Gasteiger partial charge on any atom is 0.271 e. The van der Waals surface area contributed by atoms with Crippen LogP contribution in [0, 0.1) is 29.8 Å². The number of aryl methyl sites for hydroxylation is 1. The summed E-state index contributed by atoms with van der Waals surface area (Å²) < 4.78 is 39.5. The molecule has 0 spiro atoms. The predicted octanol–water partition coefficient (Wildman–Crippen LogP) is 2.61. The highest BCUT2D eigenvalue weighted by molar-refractivity contribution is 7.89. The van der Waals surface area contributed by atoms with Gasteiger partial charge in [0.25, 0.3) is 5.69 Å². The summed E-state index contributed by atoms with van der Waals surface area (Å²) in [5.74, 6) is -1.22. The van der Waals surface area contributed by atoms with Gasteiger partial charge in [0.15, 0.2) is 0 Å². The summed E-state index contributed by atoms with van der Waals surface area (Å²) in [6.45, 7) is 2.56. The van der Waals surface area contributed by atoms with E-state index < -0.39 is 33.2 Å². The van der Waals surface area contributed by atoms with Crippen LogP contribution in [0.5, 0.6) is 0 Å². The first-order valence-electron chi connectivity index (χ1n) is 7.79. The maximum absolute atomic E-state index is 13.2. The second kappa shape index (κ2) is 7.80. The Bertz CT molecular complexity index is 1010. The fourth-order valence-electron chi connectivity index (χ4n) is 2.40. The highest BCUT2D eigenvalue weighted by Crippen LogP contribution is 2.27. The Morgan fingerprint density at radius 3 is 2.52 bits per heavy atom. The smallest absolute Gasteiger partial charge is 0.271 e. The number of nitro benzene ring substituents is 1. The molecular weight excluding hydrogens is 377 g/mol. The number of nitro groups is 1. The number of nitrogens with one attached hydrogen (secondary N) is 1. The number of likely N-dealkylation sites (N-methyl/N-ethyl adjacent to an activating group) is 1. The van der Waals surface area contributed by atoms with Crippen molar-refractivity contribution in [1.29, 1.82) is 0 Å². The Labute approximate surface area is 155 Å².